The molecule has 1 aromatic carbocycles. The topological polar surface area (TPSA) is 44.5 Å². The van der Waals surface area contributed by atoms with Gasteiger partial charge in [0.25, 0.3) is 0 Å². The minimum Gasteiger partial charge on any atom is -0.387 e. The van der Waals surface area contributed by atoms with E-state index < -0.39 is 6.10 Å². The van der Waals surface area contributed by atoms with Crippen LogP contribution in [-0.2, 0) is 13.6 Å². The van der Waals surface area contributed by atoms with Gasteiger partial charge in [0.2, 0.25) is 0 Å². The minimum atomic E-state index is -0.569. The van der Waals surface area contributed by atoms with Crippen LogP contribution in [0.25, 0.3) is 0 Å². The zero-order valence-corrected chi connectivity index (χ0v) is 13.4. The van der Waals surface area contributed by atoms with Crippen molar-refractivity contribution in [1.29, 1.82) is 0 Å². The van der Waals surface area contributed by atoms with E-state index in [-0.39, 0.29) is 5.82 Å². The molecule has 23 heavy (non-hydrogen) atoms. The predicted octanol–water partition coefficient (Wildman–Crippen LogP) is 1.41. The number of β-amino-alcohol motifs (C(OH)–C–C–N with tert-alkyl or cyclic N) is 1. The standard InChI is InChI=1S/C17H23FN4O/c1-20-11-14(10-19-20)12-21-6-8-22(9-7-21)13-17(23)15-2-4-16(18)5-3-15/h2-5,10-11,17,23H,6-9,12-13H2,1H3/t17-/m1/s1. The Bertz CT molecular complexity index is 620. The van der Waals surface area contributed by atoms with Gasteiger partial charge in [-0.05, 0) is 17.7 Å². The van der Waals surface area contributed by atoms with Crippen molar-refractivity contribution in [1.82, 2.24) is 19.6 Å². The largest absolute Gasteiger partial charge is 0.387 e. The molecule has 0 spiro atoms. The summed E-state index contributed by atoms with van der Waals surface area (Å²) in [6, 6.07) is 6.09. The summed E-state index contributed by atoms with van der Waals surface area (Å²) in [5, 5.41) is 14.5. The van der Waals surface area contributed by atoms with Crippen LogP contribution in [0.5, 0.6) is 0 Å². The maximum absolute atomic E-state index is 12.9. The lowest BCUT2D eigenvalue weighted by Crippen LogP contribution is -2.47. The SMILES string of the molecule is Cn1cc(CN2CCN(C[C@@H](O)c3ccc(F)cc3)CC2)cn1. The van der Waals surface area contributed by atoms with Crippen molar-refractivity contribution in [2.75, 3.05) is 32.7 Å². The second kappa shape index (κ2) is 7.21. The lowest BCUT2D eigenvalue weighted by molar-refractivity contribution is 0.0701. The van der Waals surface area contributed by atoms with E-state index in [1.807, 2.05) is 24.1 Å². The van der Waals surface area contributed by atoms with Gasteiger partial charge in [-0.1, -0.05) is 12.1 Å². The van der Waals surface area contributed by atoms with Crippen molar-refractivity contribution < 1.29 is 9.50 Å². The molecule has 1 aliphatic rings. The number of aryl methyl sites for hydroxylation is 1. The van der Waals surface area contributed by atoms with Gasteiger partial charge in [-0.25, -0.2) is 4.39 Å². The Morgan fingerprint density at radius 2 is 1.78 bits per heavy atom. The van der Waals surface area contributed by atoms with Gasteiger partial charge < -0.3 is 5.11 Å². The molecule has 6 heteroatoms. The van der Waals surface area contributed by atoms with Crippen LogP contribution in [0.2, 0.25) is 0 Å². The molecule has 0 aliphatic carbocycles. The summed E-state index contributed by atoms with van der Waals surface area (Å²) in [7, 11) is 1.93. The molecule has 1 aliphatic heterocycles. The van der Waals surface area contributed by atoms with Crippen molar-refractivity contribution in [3.63, 3.8) is 0 Å². The minimum absolute atomic E-state index is 0.273. The summed E-state index contributed by atoms with van der Waals surface area (Å²) < 4.78 is 14.8. The van der Waals surface area contributed by atoms with Gasteiger partial charge in [-0.2, -0.15) is 5.10 Å². The zero-order valence-electron chi connectivity index (χ0n) is 13.4. The molecule has 2 heterocycles. The molecular weight excluding hydrogens is 295 g/mol. The van der Waals surface area contributed by atoms with Gasteiger partial charge in [-0.15, -0.1) is 0 Å². The Kier molecular flexibility index (Phi) is 5.05. The Balaban J connectivity index is 1.46. The van der Waals surface area contributed by atoms with Crippen molar-refractivity contribution in [2.45, 2.75) is 12.6 Å². The highest BCUT2D eigenvalue weighted by Crippen LogP contribution is 2.16. The fraction of sp³-hybridized carbons (Fsp3) is 0.471. The molecule has 0 unspecified atom stereocenters. The molecule has 0 amide bonds. The molecular formula is C17H23FN4O. The summed E-state index contributed by atoms with van der Waals surface area (Å²) in [5.41, 5.74) is 2.00. The van der Waals surface area contributed by atoms with Gasteiger partial charge in [0.1, 0.15) is 5.82 Å². The number of aromatic nitrogens is 2. The number of piperazine rings is 1. The Hall–Kier alpha value is -1.76. The van der Waals surface area contributed by atoms with E-state index in [1.54, 1.807) is 12.1 Å². The van der Waals surface area contributed by atoms with Gasteiger partial charge in [0, 0.05) is 58.1 Å². The van der Waals surface area contributed by atoms with Crippen molar-refractivity contribution in [2.24, 2.45) is 7.05 Å². The summed E-state index contributed by atoms with van der Waals surface area (Å²) in [6.45, 7) is 5.32. The van der Waals surface area contributed by atoms with Gasteiger partial charge in [0.15, 0.2) is 0 Å². The Morgan fingerprint density at radius 3 is 2.39 bits per heavy atom. The van der Waals surface area contributed by atoms with Crippen LogP contribution < -0.4 is 0 Å². The number of hydrogen-bond donors (Lipinski definition) is 1. The quantitative estimate of drug-likeness (QED) is 0.905. The van der Waals surface area contributed by atoms with E-state index in [4.69, 9.17) is 0 Å². The zero-order chi connectivity index (χ0) is 16.2. The normalized spacial score (nSPS) is 18.2. The first-order valence-corrected chi connectivity index (χ1v) is 7.96. The number of benzene rings is 1. The monoisotopic (exact) mass is 318 g/mol. The van der Waals surface area contributed by atoms with Crippen molar-refractivity contribution in [3.8, 4) is 0 Å². The fourth-order valence-corrected chi connectivity index (χ4v) is 2.98. The highest BCUT2D eigenvalue weighted by molar-refractivity contribution is 5.18. The highest BCUT2D eigenvalue weighted by Gasteiger charge is 2.20. The first-order chi connectivity index (χ1) is 11.1. The van der Waals surface area contributed by atoms with Crippen LogP contribution in [0.15, 0.2) is 36.7 Å². The number of rotatable bonds is 5. The van der Waals surface area contributed by atoms with Crippen molar-refractivity contribution >= 4 is 0 Å². The third-order valence-electron chi connectivity index (χ3n) is 4.32. The van der Waals surface area contributed by atoms with Crippen LogP contribution >= 0.6 is 0 Å². The van der Waals surface area contributed by atoms with E-state index in [1.165, 1.54) is 17.7 Å². The molecule has 5 nitrogen and oxygen atoms in total. The predicted molar refractivity (Wildman–Crippen MR) is 86.3 cm³/mol. The maximum atomic E-state index is 12.9. The van der Waals surface area contributed by atoms with Crippen LogP contribution in [0.4, 0.5) is 4.39 Å². The highest BCUT2D eigenvalue weighted by atomic mass is 19.1. The van der Waals surface area contributed by atoms with Crippen molar-refractivity contribution in [3.05, 3.63) is 53.6 Å². The first kappa shape index (κ1) is 16.1. The number of aliphatic hydroxyl groups excluding tert-OH is 1. The van der Waals surface area contributed by atoms with Crippen LogP contribution in [0, 0.1) is 5.82 Å². The van der Waals surface area contributed by atoms with Crippen LogP contribution in [-0.4, -0.2) is 57.4 Å². The summed E-state index contributed by atoms with van der Waals surface area (Å²) in [6.07, 6.45) is 3.38. The molecule has 3 rings (SSSR count). The average Bonchev–Trinajstić information content (AvgIpc) is 2.95. The lowest BCUT2D eigenvalue weighted by Gasteiger charge is -2.35. The lowest BCUT2D eigenvalue weighted by atomic mass is 10.1. The van der Waals surface area contributed by atoms with Crippen LogP contribution in [0.1, 0.15) is 17.2 Å². The second-order valence-electron chi connectivity index (χ2n) is 6.17. The third kappa shape index (κ3) is 4.37. The number of halogens is 1. The van der Waals surface area contributed by atoms with Gasteiger partial charge >= 0.3 is 0 Å². The van der Waals surface area contributed by atoms with Gasteiger partial charge in [0.05, 0.1) is 12.3 Å². The molecule has 1 N–H and O–H groups in total. The Labute approximate surface area is 135 Å². The molecule has 1 saturated heterocycles. The molecule has 0 radical (unpaired) electrons. The molecule has 1 aromatic heterocycles. The Morgan fingerprint density at radius 1 is 1.13 bits per heavy atom. The van der Waals surface area contributed by atoms with E-state index in [2.05, 4.69) is 14.9 Å². The van der Waals surface area contributed by atoms with E-state index >= 15 is 0 Å². The number of hydrogen-bond acceptors (Lipinski definition) is 4. The molecule has 2 aromatic rings. The smallest absolute Gasteiger partial charge is 0.123 e. The van der Waals surface area contributed by atoms with Gasteiger partial charge in [-0.3, -0.25) is 14.5 Å². The second-order valence-corrected chi connectivity index (χ2v) is 6.17. The molecule has 124 valence electrons. The maximum Gasteiger partial charge on any atom is 0.123 e. The summed E-state index contributed by atoms with van der Waals surface area (Å²) >= 11 is 0. The molecule has 1 atom stereocenters. The summed E-state index contributed by atoms with van der Waals surface area (Å²) in [4.78, 5) is 4.66. The van der Waals surface area contributed by atoms with E-state index in [0.29, 0.717) is 6.54 Å². The number of aliphatic hydroxyl groups is 1. The average molecular weight is 318 g/mol. The molecule has 1 fully saturated rings. The fourth-order valence-electron chi connectivity index (χ4n) is 2.98. The van der Waals surface area contributed by atoms with E-state index in [0.717, 1.165) is 38.3 Å². The first-order valence-electron chi connectivity index (χ1n) is 7.96. The third-order valence-corrected chi connectivity index (χ3v) is 4.32. The molecule has 0 bridgehead atoms. The van der Waals surface area contributed by atoms with E-state index in [9.17, 15) is 9.50 Å². The summed E-state index contributed by atoms with van der Waals surface area (Å²) in [5.74, 6) is -0.273. The molecule has 0 saturated carbocycles. The number of nitrogens with zero attached hydrogens (tertiary/aromatic N) is 4. The van der Waals surface area contributed by atoms with Crippen LogP contribution in [0.3, 0.4) is 0 Å².